The van der Waals surface area contributed by atoms with Gasteiger partial charge in [0.2, 0.25) is 17.2 Å². The molecule has 0 aromatic heterocycles. The highest BCUT2D eigenvalue weighted by Gasteiger charge is 2.60. The zero-order valence-corrected chi connectivity index (χ0v) is 14.2. The molecule has 1 aromatic carbocycles. The molecule has 0 fully saturated rings. The summed E-state index contributed by atoms with van der Waals surface area (Å²) in [6, 6.07) is 1.50. The molecule has 0 saturated heterocycles. The van der Waals surface area contributed by atoms with Crippen LogP contribution in [0.3, 0.4) is 0 Å². The van der Waals surface area contributed by atoms with Gasteiger partial charge in [-0.2, -0.15) is 0 Å². The first kappa shape index (κ1) is 16.1. The smallest absolute Gasteiger partial charge is 0.236 e. The van der Waals surface area contributed by atoms with Crippen molar-refractivity contribution in [2.75, 3.05) is 14.2 Å². The lowest BCUT2D eigenvalue weighted by atomic mass is 9.75. The van der Waals surface area contributed by atoms with Crippen molar-refractivity contribution in [2.45, 2.75) is 18.9 Å². The van der Waals surface area contributed by atoms with E-state index in [2.05, 4.69) is 0 Å². The van der Waals surface area contributed by atoms with Gasteiger partial charge in [-0.15, -0.1) is 0 Å². The fourth-order valence-corrected chi connectivity index (χ4v) is 3.67. The fraction of sp³-hybridized carbons (Fsp3) is 0.375. The third-order valence-electron chi connectivity index (χ3n) is 4.27. The summed E-state index contributed by atoms with van der Waals surface area (Å²) in [5.41, 5.74) is -1.49. The molecule has 7 heteroatoms. The van der Waals surface area contributed by atoms with Gasteiger partial charge >= 0.3 is 0 Å². The number of carbonyl (C=O) groups excluding carboxylic acids is 2. The van der Waals surface area contributed by atoms with E-state index in [4.69, 9.17) is 37.4 Å². The van der Waals surface area contributed by atoms with Gasteiger partial charge in [-0.05, 0) is 6.42 Å². The van der Waals surface area contributed by atoms with Crippen LogP contribution >= 0.6 is 23.2 Å². The number of Topliss-reactive ketones (excluding diaryl/α,β-unsaturated/α-hetero) is 1. The molecular formula is C16H14Cl2O5. The van der Waals surface area contributed by atoms with Crippen molar-refractivity contribution in [3.63, 3.8) is 0 Å². The second-order valence-electron chi connectivity index (χ2n) is 5.53. The number of carbonyl (C=O) groups is 2. The molecule has 5 nitrogen and oxygen atoms in total. The van der Waals surface area contributed by atoms with Crippen LogP contribution in [0.15, 0.2) is 17.2 Å². The van der Waals surface area contributed by atoms with E-state index in [1.807, 2.05) is 0 Å². The first-order chi connectivity index (χ1) is 10.9. The van der Waals surface area contributed by atoms with Crippen LogP contribution in [0.4, 0.5) is 0 Å². The van der Waals surface area contributed by atoms with Crippen molar-refractivity contribution in [1.82, 2.24) is 0 Å². The van der Waals surface area contributed by atoms with Gasteiger partial charge in [0.25, 0.3) is 0 Å². The van der Waals surface area contributed by atoms with Crippen LogP contribution in [0.25, 0.3) is 0 Å². The Kier molecular flexibility index (Phi) is 3.81. The van der Waals surface area contributed by atoms with Gasteiger partial charge in [-0.3, -0.25) is 9.59 Å². The number of halogens is 2. The molecule has 122 valence electrons. The average Bonchev–Trinajstić information content (AvgIpc) is 2.82. The molecule has 0 N–H and O–H groups in total. The minimum Gasteiger partial charge on any atom is -0.496 e. The zero-order chi connectivity index (χ0) is 16.9. The van der Waals surface area contributed by atoms with E-state index >= 15 is 0 Å². The van der Waals surface area contributed by atoms with Gasteiger partial charge in [-0.25, -0.2) is 0 Å². The second-order valence-corrected chi connectivity index (χ2v) is 6.39. The minimum absolute atomic E-state index is 0.111. The summed E-state index contributed by atoms with van der Waals surface area (Å²) in [4.78, 5) is 25.6. The molecule has 2 aliphatic rings. The molecular weight excluding hydrogens is 343 g/mol. The zero-order valence-electron chi connectivity index (χ0n) is 12.7. The predicted octanol–water partition coefficient (Wildman–Crippen LogP) is 3.40. The number of allylic oxidation sites excluding steroid dienone is 1. The Bertz CT molecular complexity index is 755. The van der Waals surface area contributed by atoms with E-state index in [-0.39, 0.29) is 22.1 Å². The maximum Gasteiger partial charge on any atom is 0.236 e. The molecule has 1 heterocycles. The van der Waals surface area contributed by atoms with Gasteiger partial charge in [0.05, 0.1) is 14.2 Å². The van der Waals surface area contributed by atoms with Gasteiger partial charge in [0.1, 0.15) is 22.1 Å². The number of rotatable bonds is 2. The SMILES string of the molecule is COc1cc(OC)c2c(c1Cl)OC1(C(=O)C=C(Cl)CC1C)C2=O. The molecule has 23 heavy (non-hydrogen) atoms. The first-order valence-electron chi connectivity index (χ1n) is 6.95. The van der Waals surface area contributed by atoms with E-state index in [0.29, 0.717) is 17.2 Å². The van der Waals surface area contributed by atoms with Crippen LogP contribution in [0, 0.1) is 5.92 Å². The Labute approximate surface area is 143 Å². The monoisotopic (exact) mass is 356 g/mol. The van der Waals surface area contributed by atoms with Crippen molar-refractivity contribution in [3.05, 3.63) is 27.8 Å². The third-order valence-corrected chi connectivity index (χ3v) is 4.89. The van der Waals surface area contributed by atoms with Crippen LogP contribution in [0.2, 0.25) is 5.02 Å². The van der Waals surface area contributed by atoms with Crippen molar-refractivity contribution in [2.24, 2.45) is 5.92 Å². The number of hydrogen-bond donors (Lipinski definition) is 0. The molecule has 2 atom stereocenters. The van der Waals surface area contributed by atoms with Crippen LogP contribution in [-0.4, -0.2) is 31.4 Å². The summed E-state index contributed by atoms with van der Waals surface area (Å²) in [5.74, 6) is -0.717. The molecule has 2 unspecified atom stereocenters. The summed E-state index contributed by atoms with van der Waals surface area (Å²) >= 11 is 12.2. The standard InChI is InChI=1S/C16H14Cl2O5/c1-7-4-8(17)5-11(19)16(7)15(20)12-9(21-2)6-10(22-3)13(18)14(12)23-16/h5-7H,4H2,1-3H3. The van der Waals surface area contributed by atoms with Gasteiger partial charge in [-0.1, -0.05) is 30.1 Å². The number of fused-ring (bicyclic) bond motifs is 1. The molecule has 1 aliphatic carbocycles. The summed E-state index contributed by atoms with van der Waals surface area (Å²) < 4.78 is 16.3. The highest BCUT2D eigenvalue weighted by atomic mass is 35.5. The first-order valence-corrected chi connectivity index (χ1v) is 7.71. The number of hydrogen-bond acceptors (Lipinski definition) is 5. The van der Waals surface area contributed by atoms with E-state index in [1.54, 1.807) is 6.92 Å². The van der Waals surface area contributed by atoms with Crippen molar-refractivity contribution < 1.29 is 23.8 Å². The Morgan fingerprint density at radius 2 is 1.87 bits per heavy atom. The summed E-state index contributed by atoms with van der Waals surface area (Å²) in [5, 5.41) is 0.533. The maximum absolute atomic E-state index is 13.0. The van der Waals surface area contributed by atoms with Crippen LogP contribution in [0.1, 0.15) is 23.7 Å². The molecule has 0 saturated carbocycles. The Balaban J connectivity index is 2.23. The Hall–Kier alpha value is -1.72. The van der Waals surface area contributed by atoms with E-state index in [9.17, 15) is 9.59 Å². The van der Waals surface area contributed by atoms with Crippen molar-refractivity contribution in [1.29, 1.82) is 0 Å². The van der Waals surface area contributed by atoms with Crippen LogP contribution in [0.5, 0.6) is 17.2 Å². The van der Waals surface area contributed by atoms with Crippen molar-refractivity contribution >= 4 is 34.8 Å². The van der Waals surface area contributed by atoms with E-state index in [0.717, 1.165) is 0 Å². The molecule has 0 bridgehead atoms. The van der Waals surface area contributed by atoms with E-state index in [1.165, 1.54) is 26.4 Å². The lowest BCUT2D eigenvalue weighted by Crippen LogP contribution is -2.54. The number of methoxy groups -OCH3 is 2. The topological polar surface area (TPSA) is 61.8 Å². The lowest BCUT2D eigenvalue weighted by molar-refractivity contribution is -0.129. The lowest BCUT2D eigenvalue weighted by Gasteiger charge is -2.33. The highest BCUT2D eigenvalue weighted by Crippen LogP contribution is 2.53. The summed E-state index contributed by atoms with van der Waals surface area (Å²) in [6.45, 7) is 1.74. The van der Waals surface area contributed by atoms with E-state index < -0.39 is 23.1 Å². The molecule has 1 aliphatic heterocycles. The maximum atomic E-state index is 13.0. The van der Waals surface area contributed by atoms with Crippen LogP contribution < -0.4 is 14.2 Å². The highest BCUT2D eigenvalue weighted by molar-refractivity contribution is 6.37. The normalized spacial score (nSPS) is 26.0. The molecule has 0 radical (unpaired) electrons. The number of ether oxygens (including phenoxy) is 3. The molecule has 0 amide bonds. The third kappa shape index (κ3) is 2.07. The van der Waals surface area contributed by atoms with Gasteiger partial charge in [0, 0.05) is 23.1 Å². The second kappa shape index (κ2) is 5.42. The Morgan fingerprint density at radius 1 is 1.22 bits per heavy atom. The number of ketones is 2. The predicted molar refractivity (Wildman–Crippen MR) is 85.0 cm³/mol. The minimum atomic E-state index is -1.65. The Morgan fingerprint density at radius 3 is 2.43 bits per heavy atom. The van der Waals surface area contributed by atoms with Crippen molar-refractivity contribution in [3.8, 4) is 17.2 Å². The van der Waals surface area contributed by atoms with Crippen LogP contribution in [-0.2, 0) is 4.79 Å². The van der Waals surface area contributed by atoms with Gasteiger partial charge in [0.15, 0.2) is 5.75 Å². The molecule has 1 aromatic rings. The number of benzene rings is 1. The fourth-order valence-electron chi connectivity index (χ4n) is 3.08. The molecule has 3 rings (SSSR count). The summed E-state index contributed by atoms with van der Waals surface area (Å²) in [6.07, 6.45) is 1.60. The molecule has 1 spiro atoms. The summed E-state index contributed by atoms with van der Waals surface area (Å²) in [7, 11) is 2.86. The average molecular weight is 357 g/mol. The quantitative estimate of drug-likeness (QED) is 0.760. The van der Waals surface area contributed by atoms with Gasteiger partial charge < -0.3 is 14.2 Å². The largest absolute Gasteiger partial charge is 0.496 e.